The van der Waals surface area contributed by atoms with Gasteiger partial charge >= 0.3 is 0 Å². The van der Waals surface area contributed by atoms with Crippen LogP contribution in [0.25, 0.3) is 5.69 Å². The second kappa shape index (κ2) is 6.54. The SMILES string of the molecule is Cc1c(NCc2ccc(C(N)=O)cc2)cnn1-c1ccccc1F. The first-order valence-corrected chi connectivity index (χ1v) is 7.48. The van der Waals surface area contributed by atoms with Gasteiger partial charge in [0, 0.05) is 12.1 Å². The summed E-state index contributed by atoms with van der Waals surface area (Å²) in [5, 5.41) is 7.51. The number of nitrogens with one attached hydrogen (secondary N) is 1. The summed E-state index contributed by atoms with van der Waals surface area (Å²) in [4.78, 5) is 11.1. The van der Waals surface area contributed by atoms with Gasteiger partial charge in [0.25, 0.3) is 0 Å². The molecule has 1 heterocycles. The highest BCUT2D eigenvalue weighted by atomic mass is 19.1. The molecule has 24 heavy (non-hydrogen) atoms. The summed E-state index contributed by atoms with van der Waals surface area (Å²) in [6, 6.07) is 13.6. The maximum atomic E-state index is 13.9. The van der Waals surface area contributed by atoms with Crippen LogP contribution in [0.5, 0.6) is 0 Å². The first-order chi connectivity index (χ1) is 11.6. The third-order valence-electron chi connectivity index (χ3n) is 3.81. The van der Waals surface area contributed by atoms with Crippen molar-refractivity contribution in [3.05, 3.63) is 77.4 Å². The van der Waals surface area contributed by atoms with E-state index in [0.717, 1.165) is 16.9 Å². The molecule has 5 nitrogen and oxygen atoms in total. The number of benzene rings is 2. The number of hydrogen-bond acceptors (Lipinski definition) is 3. The Hall–Kier alpha value is -3.15. The topological polar surface area (TPSA) is 72.9 Å². The molecule has 3 N–H and O–H groups in total. The van der Waals surface area contributed by atoms with E-state index in [2.05, 4.69) is 10.4 Å². The molecule has 3 rings (SSSR count). The number of anilines is 1. The van der Waals surface area contributed by atoms with E-state index in [-0.39, 0.29) is 5.82 Å². The minimum Gasteiger partial charge on any atom is -0.378 e. The largest absolute Gasteiger partial charge is 0.378 e. The fraction of sp³-hybridized carbons (Fsp3) is 0.111. The van der Waals surface area contributed by atoms with E-state index >= 15 is 0 Å². The predicted molar refractivity (Wildman–Crippen MR) is 90.5 cm³/mol. The van der Waals surface area contributed by atoms with Gasteiger partial charge in [0.2, 0.25) is 5.91 Å². The zero-order valence-corrected chi connectivity index (χ0v) is 13.2. The van der Waals surface area contributed by atoms with Crippen LogP contribution in [0.2, 0.25) is 0 Å². The summed E-state index contributed by atoms with van der Waals surface area (Å²) in [5.41, 5.74) is 8.74. The first-order valence-electron chi connectivity index (χ1n) is 7.48. The van der Waals surface area contributed by atoms with Gasteiger partial charge in [0.05, 0.1) is 17.6 Å². The Morgan fingerprint density at radius 1 is 1.21 bits per heavy atom. The van der Waals surface area contributed by atoms with Crippen LogP contribution in [-0.4, -0.2) is 15.7 Å². The number of para-hydroxylation sites is 1. The van der Waals surface area contributed by atoms with E-state index in [1.54, 1.807) is 41.2 Å². The molecule has 1 aromatic heterocycles. The van der Waals surface area contributed by atoms with Gasteiger partial charge in [0.15, 0.2) is 0 Å². The molecule has 0 spiro atoms. The Morgan fingerprint density at radius 3 is 2.58 bits per heavy atom. The molecule has 0 saturated heterocycles. The first kappa shape index (κ1) is 15.7. The monoisotopic (exact) mass is 324 g/mol. The minimum atomic E-state index is -0.448. The molecule has 0 radical (unpaired) electrons. The van der Waals surface area contributed by atoms with Gasteiger partial charge in [-0.3, -0.25) is 4.79 Å². The Bertz CT molecular complexity index is 871. The van der Waals surface area contributed by atoms with Crippen LogP contribution < -0.4 is 11.1 Å². The number of amides is 1. The lowest BCUT2D eigenvalue weighted by molar-refractivity contribution is 0.100. The third kappa shape index (κ3) is 3.12. The van der Waals surface area contributed by atoms with Crippen molar-refractivity contribution < 1.29 is 9.18 Å². The number of aromatic nitrogens is 2. The smallest absolute Gasteiger partial charge is 0.248 e. The van der Waals surface area contributed by atoms with E-state index in [9.17, 15) is 9.18 Å². The van der Waals surface area contributed by atoms with Crippen molar-refractivity contribution in [3.63, 3.8) is 0 Å². The summed E-state index contributed by atoms with van der Waals surface area (Å²) in [7, 11) is 0. The second-order valence-corrected chi connectivity index (χ2v) is 5.42. The Kier molecular flexibility index (Phi) is 4.29. The lowest BCUT2D eigenvalue weighted by Crippen LogP contribution is -2.10. The number of nitrogens with zero attached hydrogens (tertiary/aromatic N) is 2. The zero-order valence-electron chi connectivity index (χ0n) is 13.2. The highest BCUT2D eigenvalue weighted by molar-refractivity contribution is 5.92. The van der Waals surface area contributed by atoms with Crippen LogP contribution in [0.3, 0.4) is 0 Å². The average molecular weight is 324 g/mol. The maximum Gasteiger partial charge on any atom is 0.248 e. The molecule has 0 saturated carbocycles. The van der Waals surface area contributed by atoms with Crippen LogP contribution >= 0.6 is 0 Å². The average Bonchev–Trinajstić information content (AvgIpc) is 2.94. The van der Waals surface area contributed by atoms with Gasteiger partial charge in [-0.2, -0.15) is 5.10 Å². The summed E-state index contributed by atoms with van der Waals surface area (Å²) < 4.78 is 15.5. The van der Waals surface area contributed by atoms with Gasteiger partial charge in [-0.15, -0.1) is 0 Å². The fourth-order valence-corrected chi connectivity index (χ4v) is 2.43. The van der Waals surface area contributed by atoms with Crippen molar-refractivity contribution in [2.45, 2.75) is 13.5 Å². The van der Waals surface area contributed by atoms with E-state index in [4.69, 9.17) is 5.73 Å². The Morgan fingerprint density at radius 2 is 1.92 bits per heavy atom. The van der Waals surface area contributed by atoms with Gasteiger partial charge in [-0.1, -0.05) is 24.3 Å². The van der Waals surface area contributed by atoms with Crippen molar-refractivity contribution >= 4 is 11.6 Å². The van der Waals surface area contributed by atoms with Crippen molar-refractivity contribution in [2.24, 2.45) is 5.73 Å². The number of rotatable bonds is 5. The van der Waals surface area contributed by atoms with E-state index < -0.39 is 5.91 Å². The third-order valence-corrected chi connectivity index (χ3v) is 3.81. The molecular formula is C18H17FN4O. The molecule has 6 heteroatoms. The fourth-order valence-electron chi connectivity index (χ4n) is 2.43. The highest BCUT2D eigenvalue weighted by Crippen LogP contribution is 2.21. The summed E-state index contributed by atoms with van der Waals surface area (Å²) in [6.07, 6.45) is 1.67. The van der Waals surface area contributed by atoms with Gasteiger partial charge in [0.1, 0.15) is 11.5 Å². The molecule has 122 valence electrons. The molecular weight excluding hydrogens is 307 g/mol. The van der Waals surface area contributed by atoms with E-state index in [1.807, 2.05) is 19.1 Å². The van der Waals surface area contributed by atoms with E-state index in [1.165, 1.54) is 6.07 Å². The van der Waals surface area contributed by atoms with Crippen LogP contribution in [0.15, 0.2) is 54.7 Å². The Labute approximate surface area is 138 Å². The minimum absolute atomic E-state index is 0.322. The van der Waals surface area contributed by atoms with Gasteiger partial charge in [-0.25, -0.2) is 9.07 Å². The maximum absolute atomic E-state index is 13.9. The molecule has 0 aliphatic rings. The number of carbonyl (C=O) groups is 1. The number of carbonyl (C=O) groups excluding carboxylic acids is 1. The lowest BCUT2D eigenvalue weighted by Gasteiger charge is -2.08. The molecule has 0 aliphatic heterocycles. The normalized spacial score (nSPS) is 10.6. The van der Waals surface area contributed by atoms with Crippen molar-refractivity contribution in [1.29, 1.82) is 0 Å². The number of hydrogen-bond donors (Lipinski definition) is 2. The highest BCUT2D eigenvalue weighted by Gasteiger charge is 2.11. The van der Waals surface area contributed by atoms with Crippen molar-refractivity contribution in [2.75, 3.05) is 5.32 Å². The van der Waals surface area contributed by atoms with Gasteiger partial charge in [-0.05, 0) is 36.8 Å². The zero-order chi connectivity index (χ0) is 17.1. The predicted octanol–water partition coefficient (Wildman–Crippen LogP) is 3.03. The van der Waals surface area contributed by atoms with Crippen LogP contribution in [0.4, 0.5) is 10.1 Å². The summed E-state index contributed by atoms with van der Waals surface area (Å²) in [6.45, 7) is 2.43. The van der Waals surface area contributed by atoms with Crippen LogP contribution in [-0.2, 0) is 6.54 Å². The molecule has 0 aliphatic carbocycles. The number of halogens is 1. The van der Waals surface area contributed by atoms with Crippen molar-refractivity contribution in [3.8, 4) is 5.69 Å². The molecule has 1 amide bonds. The summed E-state index contributed by atoms with van der Waals surface area (Å²) in [5.74, 6) is -0.770. The quantitative estimate of drug-likeness (QED) is 0.757. The standard InChI is InChI=1S/C18H17FN4O/c1-12-16(11-22-23(12)17-5-3-2-4-15(17)19)21-10-13-6-8-14(9-7-13)18(20)24/h2-9,11,21H,10H2,1H3,(H2,20,24). The lowest BCUT2D eigenvalue weighted by atomic mass is 10.1. The molecule has 0 unspecified atom stereocenters. The molecule has 0 bridgehead atoms. The van der Waals surface area contributed by atoms with E-state index in [0.29, 0.717) is 17.8 Å². The van der Waals surface area contributed by atoms with Crippen molar-refractivity contribution in [1.82, 2.24) is 9.78 Å². The molecule has 2 aromatic carbocycles. The Balaban J connectivity index is 1.75. The molecule has 0 fully saturated rings. The van der Waals surface area contributed by atoms with Gasteiger partial charge < -0.3 is 11.1 Å². The number of nitrogens with two attached hydrogens (primary N) is 1. The molecule has 3 aromatic rings. The van der Waals surface area contributed by atoms with Crippen LogP contribution in [0, 0.1) is 12.7 Å². The summed E-state index contributed by atoms with van der Waals surface area (Å²) >= 11 is 0. The molecule has 0 atom stereocenters. The second-order valence-electron chi connectivity index (χ2n) is 5.42. The van der Waals surface area contributed by atoms with Crippen LogP contribution in [0.1, 0.15) is 21.6 Å². The number of primary amides is 1.